The largest absolute Gasteiger partial charge is 0.383 e. The molecule has 0 unspecified atom stereocenters. The zero-order valence-corrected chi connectivity index (χ0v) is 17.3. The lowest BCUT2D eigenvalue weighted by Gasteiger charge is -2.50. The number of para-hydroxylation sites is 1. The summed E-state index contributed by atoms with van der Waals surface area (Å²) in [7, 11) is 0. The topological polar surface area (TPSA) is 68.7 Å². The molecule has 1 aromatic heterocycles. The first-order valence-electron chi connectivity index (χ1n) is 11.1. The number of anilines is 1. The summed E-state index contributed by atoms with van der Waals surface area (Å²) in [4.78, 5) is 21.9. The van der Waals surface area contributed by atoms with Crippen LogP contribution in [0, 0.1) is 0 Å². The van der Waals surface area contributed by atoms with Crippen molar-refractivity contribution in [2.75, 3.05) is 24.7 Å². The SMILES string of the molecule is O=C1NCN(c2ccccc2)C12CCN([C@@H]1CCCC[C@@]1(O)c1cccnc1)CC2. The second-order valence-corrected chi connectivity index (χ2v) is 8.92. The molecule has 2 N–H and O–H groups in total. The Labute approximate surface area is 177 Å². The number of aromatic nitrogens is 1. The van der Waals surface area contributed by atoms with Crippen molar-refractivity contribution in [1.82, 2.24) is 15.2 Å². The molecule has 1 aromatic carbocycles. The van der Waals surface area contributed by atoms with Gasteiger partial charge in [0.05, 0.1) is 6.67 Å². The molecule has 0 radical (unpaired) electrons. The van der Waals surface area contributed by atoms with Gasteiger partial charge >= 0.3 is 0 Å². The molecule has 3 fully saturated rings. The second-order valence-electron chi connectivity index (χ2n) is 8.92. The van der Waals surface area contributed by atoms with E-state index in [1.54, 1.807) is 6.20 Å². The van der Waals surface area contributed by atoms with Crippen molar-refractivity contribution in [2.45, 2.75) is 55.7 Å². The molecule has 2 saturated heterocycles. The van der Waals surface area contributed by atoms with Crippen LogP contribution in [0.15, 0.2) is 54.9 Å². The van der Waals surface area contributed by atoms with Crippen LogP contribution in [-0.2, 0) is 10.4 Å². The Morgan fingerprint density at radius 2 is 1.83 bits per heavy atom. The van der Waals surface area contributed by atoms with Crippen molar-refractivity contribution in [1.29, 1.82) is 0 Å². The highest BCUT2D eigenvalue weighted by Gasteiger charge is 2.53. The summed E-state index contributed by atoms with van der Waals surface area (Å²) in [6.45, 7) is 2.18. The van der Waals surface area contributed by atoms with E-state index in [0.717, 1.165) is 62.9 Å². The van der Waals surface area contributed by atoms with Gasteiger partial charge in [-0.3, -0.25) is 14.7 Å². The molecule has 1 aliphatic carbocycles. The number of benzene rings is 1. The maximum atomic E-state index is 12.9. The minimum absolute atomic E-state index is 0.0717. The van der Waals surface area contributed by atoms with Gasteiger partial charge in [0.1, 0.15) is 11.1 Å². The molecule has 0 bridgehead atoms. The number of carbonyl (C=O) groups excluding carboxylic acids is 1. The standard InChI is InChI=1S/C24H30N4O2/c29-22-23(28(18-26-22)20-8-2-1-3-9-20)12-15-27(16-13-23)21-10-4-5-11-24(21,30)19-7-6-14-25-17-19/h1-3,6-9,14,17,21,30H,4-5,10-13,15-16,18H2,(H,26,29)/t21-,24-/m1/s1. The number of pyridine rings is 1. The van der Waals surface area contributed by atoms with E-state index in [9.17, 15) is 9.90 Å². The first-order valence-corrected chi connectivity index (χ1v) is 11.1. The molecule has 1 spiro atoms. The molecular weight excluding hydrogens is 376 g/mol. The number of carbonyl (C=O) groups is 1. The number of nitrogens with one attached hydrogen (secondary N) is 1. The predicted octanol–water partition coefficient (Wildman–Crippen LogP) is 2.64. The van der Waals surface area contributed by atoms with Gasteiger partial charge in [-0.1, -0.05) is 37.1 Å². The molecule has 2 atom stereocenters. The Hall–Kier alpha value is -2.44. The Balaban J connectivity index is 1.38. The van der Waals surface area contributed by atoms with Gasteiger partial charge in [0.25, 0.3) is 0 Å². The number of likely N-dealkylation sites (tertiary alicyclic amines) is 1. The Kier molecular flexibility index (Phi) is 4.99. The van der Waals surface area contributed by atoms with Crippen LogP contribution >= 0.6 is 0 Å². The van der Waals surface area contributed by atoms with Gasteiger partial charge in [0.2, 0.25) is 5.91 Å². The smallest absolute Gasteiger partial charge is 0.247 e. The van der Waals surface area contributed by atoms with Crippen LogP contribution < -0.4 is 10.2 Å². The number of amides is 1. The fraction of sp³-hybridized carbons (Fsp3) is 0.500. The Morgan fingerprint density at radius 1 is 1.03 bits per heavy atom. The molecule has 6 heteroatoms. The summed E-state index contributed by atoms with van der Waals surface area (Å²) in [6, 6.07) is 14.2. The minimum Gasteiger partial charge on any atom is -0.383 e. The van der Waals surface area contributed by atoms with Crippen molar-refractivity contribution in [3.8, 4) is 0 Å². The van der Waals surface area contributed by atoms with E-state index in [1.165, 1.54) is 0 Å². The van der Waals surface area contributed by atoms with E-state index >= 15 is 0 Å². The second kappa shape index (κ2) is 7.67. The van der Waals surface area contributed by atoms with Crippen molar-refractivity contribution >= 4 is 11.6 Å². The van der Waals surface area contributed by atoms with E-state index < -0.39 is 11.1 Å². The Morgan fingerprint density at radius 3 is 2.57 bits per heavy atom. The third kappa shape index (κ3) is 3.10. The molecule has 2 aromatic rings. The molecule has 3 heterocycles. The quantitative estimate of drug-likeness (QED) is 0.820. The van der Waals surface area contributed by atoms with Crippen molar-refractivity contribution in [3.63, 3.8) is 0 Å². The predicted molar refractivity (Wildman–Crippen MR) is 116 cm³/mol. The lowest BCUT2D eigenvalue weighted by Crippen LogP contribution is -2.61. The van der Waals surface area contributed by atoms with Crippen molar-refractivity contribution in [3.05, 3.63) is 60.4 Å². The lowest BCUT2D eigenvalue weighted by atomic mass is 9.74. The monoisotopic (exact) mass is 406 g/mol. The normalized spacial score (nSPS) is 29.2. The number of hydrogen-bond acceptors (Lipinski definition) is 5. The molecule has 3 aliphatic rings. The average molecular weight is 407 g/mol. The number of piperidine rings is 1. The molecule has 1 amide bonds. The third-order valence-electron chi connectivity index (χ3n) is 7.47. The maximum Gasteiger partial charge on any atom is 0.247 e. The van der Waals surface area contributed by atoms with Gasteiger partial charge in [-0.15, -0.1) is 0 Å². The minimum atomic E-state index is -0.867. The van der Waals surface area contributed by atoms with E-state index in [2.05, 4.69) is 32.2 Å². The Bertz CT molecular complexity index is 883. The summed E-state index contributed by atoms with van der Waals surface area (Å²) >= 11 is 0. The molecule has 1 saturated carbocycles. The van der Waals surface area contributed by atoms with Gasteiger partial charge in [0, 0.05) is 42.8 Å². The van der Waals surface area contributed by atoms with Gasteiger partial charge in [0.15, 0.2) is 0 Å². The summed E-state index contributed by atoms with van der Waals surface area (Å²) < 4.78 is 0. The molecular formula is C24H30N4O2. The molecule has 30 heavy (non-hydrogen) atoms. The van der Waals surface area contributed by atoms with Gasteiger partial charge < -0.3 is 15.3 Å². The first kappa shape index (κ1) is 19.5. The highest BCUT2D eigenvalue weighted by molar-refractivity contribution is 5.93. The van der Waals surface area contributed by atoms with E-state index in [-0.39, 0.29) is 11.9 Å². The lowest BCUT2D eigenvalue weighted by molar-refractivity contribution is -0.127. The van der Waals surface area contributed by atoms with Crippen molar-refractivity contribution < 1.29 is 9.90 Å². The first-order chi connectivity index (χ1) is 14.6. The van der Waals surface area contributed by atoms with Crippen LogP contribution in [0.5, 0.6) is 0 Å². The van der Waals surface area contributed by atoms with Crippen LogP contribution in [0.2, 0.25) is 0 Å². The van der Waals surface area contributed by atoms with Gasteiger partial charge in [-0.2, -0.15) is 0 Å². The maximum absolute atomic E-state index is 12.9. The van der Waals surface area contributed by atoms with Crippen molar-refractivity contribution in [2.24, 2.45) is 0 Å². The van der Waals surface area contributed by atoms with Crippen LogP contribution in [-0.4, -0.2) is 52.2 Å². The van der Waals surface area contributed by atoms with Crippen LogP contribution in [0.4, 0.5) is 5.69 Å². The molecule has 158 valence electrons. The van der Waals surface area contributed by atoms with E-state index in [0.29, 0.717) is 6.67 Å². The third-order valence-corrected chi connectivity index (χ3v) is 7.47. The van der Waals surface area contributed by atoms with Crippen LogP contribution in [0.25, 0.3) is 0 Å². The number of hydrogen-bond donors (Lipinski definition) is 2. The zero-order chi connectivity index (χ0) is 20.6. The number of nitrogens with zero attached hydrogens (tertiary/aromatic N) is 3. The number of rotatable bonds is 3. The highest BCUT2D eigenvalue weighted by atomic mass is 16.3. The van der Waals surface area contributed by atoms with E-state index in [1.807, 2.05) is 36.5 Å². The summed E-state index contributed by atoms with van der Waals surface area (Å²) in [5.41, 5.74) is 0.654. The van der Waals surface area contributed by atoms with Gasteiger partial charge in [-0.05, 0) is 43.9 Å². The summed E-state index contributed by atoms with van der Waals surface area (Å²) in [5, 5.41) is 14.8. The van der Waals surface area contributed by atoms with E-state index in [4.69, 9.17) is 0 Å². The summed E-state index contributed by atoms with van der Waals surface area (Å²) in [5.74, 6) is 0.136. The zero-order valence-electron chi connectivity index (χ0n) is 17.3. The van der Waals surface area contributed by atoms with Crippen LogP contribution in [0.1, 0.15) is 44.1 Å². The fourth-order valence-electron chi connectivity index (χ4n) is 5.82. The fourth-order valence-corrected chi connectivity index (χ4v) is 5.82. The van der Waals surface area contributed by atoms with Gasteiger partial charge in [-0.25, -0.2) is 0 Å². The summed E-state index contributed by atoms with van der Waals surface area (Å²) in [6.07, 6.45) is 9.02. The molecule has 6 nitrogen and oxygen atoms in total. The average Bonchev–Trinajstić information content (AvgIpc) is 3.11. The molecule has 2 aliphatic heterocycles. The highest BCUT2D eigenvalue weighted by Crippen LogP contribution is 2.43. The number of aliphatic hydroxyl groups is 1. The van der Waals surface area contributed by atoms with Crippen LogP contribution in [0.3, 0.4) is 0 Å². The molecule has 5 rings (SSSR count).